The summed E-state index contributed by atoms with van der Waals surface area (Å²) in [6, 6.07) is 9.40. The second kappa shape index (κ2) is 4.80. The molecule has 0 saturated heterocycles. The van der Waals surface area contributed by atoms with Crippen LogP contribution in [0.2, 0.25) is 0 Å². The zero-order valence-corrected chi connectivity index (χ0v) is 12.0. The van der Waals surface area contributed by atoms with E-state index in [4.69, 9.17) is 0 Å². The number of aromatic nitrogens is 6. The molecule has 7 heteroatoms. The molecule has 4 aromatic rings. The van der Waals surface area contributed by atoms with E-state index in [-0.39, 0.29) is 5.56 Å². The molecule has 0 aliphatic rings. The average molecular weight is 294 g/mol. The Morgan fingerprint density at radius 3 is 2.77 bits per heavy atom. The van der Waals surface area contributed by atoms with Gasteiger partial charge >= 0.3 is 0 Å². The van der Waals surface area contributed by atoms with E-state index in [0.717, 1.165) is 11.3 Å². The van der Waals surface area contributed by atoms with Gasteiger partial charge < -0.3 is 0 Å². The smallest absolute Gasteiger partial charge is 0.262 e. The van der Waals surface area contributed by atoms with Crippen LogP contribution in [0, 0.1) is 0 Å². The average Bonchev–Trinajstić information content (AvgIpc) is 3.19. The van der Waals surface area contributed by atoms with Crippen molar-refractivity contribution in [1.29, 1.82) is 0 Å². The van der Waals surface area contributed by atoms with E-state index in [1.807, 2.05) is 47.9 Å². The molecule has 4 rings (SSSR count). The van der Waals surface area contributed by atoms with Gasteiger partial charge in [0, 0.05) is 18.9 Å². The largest absolute Gasteiger partial charge is 0.277 e. The topological polar surface area (TPSA) is 70.0 Å². The molecule has 0 aliphatic heterocycles. The zero-order chi connectivity index (χ0) is 15.1. The fourth-order valence-corrected chi connectivity index (χ4v) is 2.74. The maximum Gasteiger partial charge on any atom is 0.262 e. The van der Waals surface area contributed by atoms with Crippen LogP contribution < -0.4 is 5.56 Å². The number of hydrogen-bond donors (Lipinski definition) is 0. The molecule has 0 spiro atoms. The summed E-state index contributed by atoms with van der Waals surface area (Å²) in [6.45, 7) is 2.98. The van der Waals surface area contributed by atoms with Crippen LogP contribution in [-0.4, -0.2) is 28.9 Å². The van der Waals surface area contributed by atoms with Crippen LogP contribution in [0.25, 0.3) is 16.7 Å². The van der Waals surface area contributed by atoms with Crippen molar-refractivity contribution in [1.82, 2.24) is 28.9 Å². The molecule has 0 N–H and O–H groups in total. The van der Waals surface area contributed by atoms with Crippen molar-refractivity contribution in [2.24, 2.45) is 0 Å². The van der Waals surface area contributed by atoms with Crippen LogP contribution in [0.5, 0.6) is 0 Å². The Bertz CT molecular complexity index is 1010. The van der Waals surface area contributed by atoms with Gasteiger partial charge in [-0.1, -0.05) is 12.1 Å². The SMILES string of the molecule is CCn1c(=O)c2ccccc2n2c(Cn3cccn3)nnc12. The number of hydrogen-bond acceptors (Lipinski definition) is 4. The van der Waals surface area contributed by atoms with Crippen molar-refractivity contribution in [3.8, 4) is 0 Å². The van der Waals surface area contributed by atoms with Crippen molar-refractivity contribution in [3.05, 3.63) is 58.9 Å². The molecule has 7 nitrogen and oxygen atoms in total. The van der Waals surface area contributed by atoms with Gasteiger partial charge in [0.2, 0.25) is 5.78 Å². The summed E-state index contributed by atoms with van der Waals surface area (Å²) in [5.74, 6) is 1.31. The third-order valence-corrected chi connectivity index (χ3v) is 3.75. The summed E-state index contributed by atoms with van der Waals surface area (Å²) >= 11 is 0. The fraction of sp³-hybridized carbons (Fsp3) is 0.200. The van der Waals surface area contributed by atoms with Crippen molar-refractivity contribution >= 4 is 16.7 Å². The van der Waals surface area contributed by atoms with Crippen LogP contribution in [0.15, 0.2) is 47.5 Å². The lowest BCUT2D eigenvalue weighted by Gasteiger charge is -2.09. The van der Waals surface area contributed by atoms with Gasteiger partial charge in [0.1, 0.15) is 6.54 Å². The van der Waals surface area contributed by atoms with E-state index in [2.05, 4.69) is 15.3 Å². The number of para-hydroxylation sites is 1. The normalized spacial score (nSPS) is 11.5. The minimum atomic E-state index is -0.0383. The first-order valence-corrected chi connectivity index (χ1v) is 7.12. The summed E-state index contributed by atoms with van der Waals surface area (Å²) in [7, 11) is 0. The predicted molar refractivity (Wildman–Crippen MR) is 81.8 cm³/mol. The van der Waals surface area contributed by atoms with E-state index in [0.29, 0.717) is 24.3 Å². The first kappa shape index (κ1) is 12.8. The Morgan fingerprint density at radius 1 is 1.14 bits per heavy atom. The number of benzene rings is 1. The van der Waals surface area contributed by atoms with Crippen molar-refractivity contribution in [2.45, 2.75) is 20.0 Å². The highest BCUT2D eigenvalue weighted by Gasteiger charge is 2.15. The maximum absolute atomic E-state index is 12.6. The van der Waals surface area contributed by atoms with Gasteiger partial charge in [-0.3, -0.25) is 18.4 Å². The Balaban J connectivity index is 2.08. The summed E-state index contributed by atoms with van der Waals surface area (Å²) in [6.07, 6.45) is 3.60. The monoisotopic (exact) mass is 294 g/mol. The second-order valence-electron chi connectivity index (χ2n) is 5.02. The highest BCUT2D eigenvalue weighted by atomic mass is 16.1. The van der Waals surface area contributed by atoms with E-state index in [1.54, 1.807) is 15.4 Å². The Kier molecular flexibility index (Phi) is 2.78. The molecule has 3 aromatic heterocycles. The van der Waals surface area contributed by atoms with Gasteiger partial charge in [0.05, 0.1) is 10.9 Å². The molecule has 0 aliphatic carbocycles. The fourth-order valence-electron chi connectivity index (χ4n) is 2.74. The van der Waals surface area contributed by atoms with Crippen LogP contribution in [0.1, 0.15) is 12.7 Å². The second-order valence-corrected chi connectivity index (χ2v) is 5.02. The minimum Gasteiger partial charge on any atom is -0.277 e. The van der Waals surface area contributed by atoms with E-state index in [1.165, 1.54) is 0 Å². The first-order chi connectivity index (χ1) is 10.8. The van der Waals surface area contributed by atoms with Gasteiger partial charge in [0.15, 0.2) is 5.82 Å². The van der Waals surface area contributed by atoms with Crippen LogP contribution in [0.4, 0.5) is 0 Å². The number of fused-ring (bicyclic) bond motifs is 3. The molecule has 0 fully saturated rings. The molecule has 110 valence electrons. The Labute approximate surface area is 125 Å². The van der Waals surface area contributed by atoms with Gasteiger partial charge in [-0.05, 0) is 25.1 Å². The lowest BCUT2D eigenvalue weighted by molar-refractivity contribution is 0.650. The van der Waals surface area contributed by atoms with Crippen molar-refractivity contribution in [3.63, 3.8) is 0 Å². The lowest BCUT2D eigenvalue weighted by Crippen LogP contribution is -2.22. The van der Waals surface area contributed by atoms with Crippen LogP contribution in [-0.2, 0) is 13.1 Å². The van der Waals surface area contributed by atoms with Crippen molar-refractivity contribution < 1.29 is 0 Å². The minimum absolute atomic E-state index is 0.0383. The van der Waals surface area contributed by atoms with Gasteiger partial charge in [0.25, 0.3) is 5.56 Å². The number of rotatable bonds is 3. The molecule has 3 heterocycles. The lowest BCUT2D eigenvalue weighted by atomic mass is 10.2. The van der Waals surface area contributed by atoms with Gasteiger partial charge in [-0.15, -0.1) is 10.2 Å². The number of aryl methyl sites for hydroxylation is 1. The molecule has 22 heavy (non-hydrogen) atoms. The molecular formula is C15H14N6O. The van der Waals surface area contributed by atoms with Crippen LogP contribution in [0.3, 0.4) is 0 Å². The highest BCUT2D eigenvalue weighted by Crippen LogP contribution is 2.15. The van der Waals surface area contributed by atoms with Gasteiger partial charge in [-0.25, -0.2) is 0 Å². The molecule has 0 amide bonds. The first-order valence-electron chi connectivity index (χ1n) is 7.12. The van der Waals surface area contributed by atoms with Crippen molar-refractivity contribution in [2.75, 3.05) is 0 Å². The predicted octanol–water partition coefficient (Wildman–Crippen LogP) is 1.31. The third-order valence-electron chi connectivity index (χ3n) is 3.75. The molecule has 0 unspecified atom stereocenters. The van der Waals surface area contributed by atoms with E-state index >= 15 is 0 Å². The standard InChI is InChI=1S/C15H14N6O/c1-2-20-14(22)11-6-3-4-7-12(11)21-13(17-18-15(20)21)10-19-9-5-8-16-19/h3-9H,2,10H2,1H3. The summed E-state index contributed by atoms with van der Waals surface area (Å²) in [5.41, 5.74) is 0.781. The molecule has 0 radical (unpaired) electrons. The molecule has 1 aromatic carbocycles. The molecule has 0 saturated carbocycles. The van der Waals surface area contributed by atoms with Crippen LogP contribution >= 0.6 is 0 Å². The molecule has 0 bridgehead atoms. The van der Waals surface area contributed by atoms with E-state index in [9.17, 15) is 4.79 Å². The number of nitrogens with zero attached hydrogens (tertiary/aromatic N) is 6. The molecular weight excluding hydrogens is 280 g/mol. The quantitative estimate of drug-likeness (QED) is 0.571. The maximum atomic E-state index is 12.6. The zero-order valence-electron chi connectivity index (χ0n) is 12.0. The summed E-state index contributed by atoms with van der Waals surface area (Å²) in [4.78, 5) is 12.6. The highest BCUT2D eigenvalue weighted by molar-refractivity contribution is 5.80. The Morgan fingerprint density at radius 2 is 2.00 bits per heavy atom. The molecule has 0 atom stereocenters. The Hall–Kier alpha value is -2.96. The summed E-state index contributed by atoms with van der Waals surface area (Å²) in [5, 5.41) is 13.3. The van der Waals surface area contributed by atoms with Gasteiger partial charge in [-0.2, -0.15) is 5.10 Å². The summed E-state index contributed by atoms with van der Waals surface area (Å²) < 4.78 is 5.36. The third kappa shape index (κ3) is 1.75. The van der Waals surface area contributed by atoms with E-state index < -0.39 is 0 Å².